The zero-order chi connectivity index (χ0) is 11.5. The number of aromatic hydroxyl groups is 1. The van der Waals surface area contributed by atoms with E-state index in [1.807, 2.05) is 0 Å². The van der Waals surface area contributed by atoms with E-state index in [0.717, 1.165) is 0 Å². The predicted molar refractivity (Wildman–Crippen MR) is 50.6 cm³/mol. The molecule has 1 unspecified atom stereocenters. The van der Waals surface area contributed by atoms with Gasteiger partial charge in [0.2, 0.25) is 0 Å². The van der Waals surface area contributed by atoms with E-state index in [1.54, 1.807) is 0 Å². The Hall–Kier alpha value is -1.43. The Morgan fingerprint density at radius 1 is 1.40 bits per heavy atom. The number of rotatable bonds is 3. The third-order valence-corrected chi connectivity index (χ3v) is 1.82. The molecule has 1 atom stereocenters. The molecule has 0 amide bonds. The monoisotopic (exact) mass is 220 g/mol. The smallest absolute Gasteiger partial charge is 0.409 e. The lowest BCUT2D eigenvalue weighted by Crippen LogP contribution is -2.42. The fourth-order valence-corrected chi connectivity index (χ4v) is 1.07. The first-order valence-electron chi connectivity index (χ1n) is 4.26. The average Bonchev–Trinajstić information content (AvgIpc) is 2.12. The molecular formula is C9H11F3N2O. The highest BCUT2D eigenvalue weighted by molar-refractivity contribution is 5.48. The van der Waals surface area contributed by atoms with E-state index in [4.69, 9.17) is 10.8 Å². The first-order chi connectivity index (χ1) is 6.93. The number of nitrogens with two attached hydrogens (primary N) is 1. The van der Waals surface area contributed by atoms with Crippen molar-refractivity contribution < 1.29 is 18.3 Å². The standard InChI is InChI=1S/C9H11F3N2O/c10-9(11,12)8(5-13)14-6-2-1-3-7(15)4-6/h1-4,8,14-15H,5,13H2. The average molecular weight is 220 g/mol. The summed E-state index contributed by atoms with van der Waals surface area (Å²) in [5.74, 6) is -0.0991. The summed E-state index contributed by atoms with van der Waals surface area (Å²) in [6.45, 7) is -0.556. The molecule has 0 aliphatic heterocycles. The molecule has 15 heavy (non-hydrogen) atoms. The van der Waals surface area contributed by atoms with Gasteiger partial charge in [0.15, 0.2) is 0 Å². The summed E-state index contributed by atoms with van der Waals surface area (Å²) in [6.07, 6.45) is -4.40. The van der Waals surface area contributed by atoms with Crippen molar-refractivity contribution in [3.05, 3.63) is 24.3 Å². The van der Waals surface area contributed by atoms with E-state index >= 15 is 0 Å². The third kappa shape index (κ3) is 3.32. The second kappa shape index (κ2) is 4.39. The van der Waals surface area contributed by atoms with Gasteiger partial charge in [0.05, 0.1) is 0 Å². The van der Waals surface area contributed by atoms with E-state index in [9.17, 15) is 13.2 Å². The van der Waals surface area contributed by atoms with Gasteiger partial charge in [0, 0.05) is 18.3 Å². The maximum atomic E-state index is 12.3. The molecule has 1 aromatic rings. The third-order valence-electron chi connectivity index (χ3n) is 1.82. The zero-order valence-corrected chi connectivity index (χ0v) is 7.75. The summed E-state index contributed by atoms with van der Waals surface area (Å²) in [6, 6.07) is 3.64. The van der Waals surface area contributed by atoms with Crippen LogP contribution in [0.25, 0.3) is 0 Å². The number of phenolic OH excluding ortho intramolecular Hbond substituents is 1. The SMILES string of the molecule is NCC(Nc1cccc(O)c1)C(F)(F)F. The van der Waals surface area contributed by atoms with Crippen LogP contribution in [0.5, 0.6) is 5.75 Å². The van der Waals surface area contributed by atoms with Crippen LogP contribution in [-0.4, -0.2) is 23.9 Å². The van der Waals surface area contributed by atoms with Crippen molar-refractivity contribution in [2.45, 2.75) is 12.2 Å². The second-order valence-electron chi connectivity index (χ2n) is 3.02. The molecule has 0 radical (unpaired) electrons. The molecule has 3 nitrogen and oxygen atoms in total. The highest BCUT2D eigenvalue weighted by Gasteiger charge is 2.38. The molecule has 84 valence electrons. The summed E-state index contributed by atoms with van der Waals surface area (Å²) in [5.41, 5.74) is 5.18. The lowest BCUT2D eigenvalue weighted by Gasteiger charge is -2.20. The molecule has 0 fully saturated rings. The lowest BCUT2D eigenvalue weighted by atomic mass is 10.2. The van der Waals surface area contributed by atoms with Gasteiger partial charge in [-0.1, -0.05) is 6.07 Å². The van der Waals surface area contributed by atoms with Crippen molar-refractivity contribution in [3.8, 4) is 5.75 Å². The number of benzene rings is 1. The van der Waals surface area contributed by atoms with Crippen molar-refractivity contribution in [3.63, 3.8) is 0 Å². The molecular weight excluding hydrogens is 209 g/mol. The van der Waals surface area contributed by atoms with Crippen LogP contribution in [0.15, 0.2) is 24.3 Å². The molecule has 0 saturated heterocycles. The minimum atomic E-state index is -4.40. The fraction of sp³-hybridized carbons (Fsp3) is 0.333. The Morgan fingerprint density at radius 3 is 2.53 bits per heavy atom. The van der Waals surface area contributed by atoms with Gasteiger partial charge < -0.3 is 16.2 Å². The number of hydrogen-bond donors (Lipinski definition) is 3. The van der Waals surface area contributed by atoms with Crippen LogP contribution in [0.1, 0.15) is 0 Å². The van der Waals surface area contributed by atoms with Gasteiger partial charge in [-0.25, -0.2) is 0 Å². The molecule has 0 aliphatic carbocycles. The Morgan fingerprint density at radius 2 is 2.07 bits per heavy atom. The number of nitrogens with one attached hydrogen (secondary N) is 1. The van der Waals surface area contributed by atoms with Crippen molar-refractivity contribution in [2.75, 3.05) is 11.9 Å². The van der Waals surface area contributed by atoms with Crippen LogP contribution in [-0.2, 0) is 0 Å². The highest BCUT2D eigenvalue weighted by Crippen LogP contribution is 2.24. The molecule has 1 aromatic carbocycles. The van der Waals surface area contributed by atoms with Crippen LogP contribution < -0.4 is 11.1 Å². The maximum absolute atomic E-state index is 12.3. The maximum Gasteiger partial charge on any atom is 0.409 e. The van der Waals surface area contributed by atoms with Crippen molar-refractivity contribution >= 4 is 5.69 Å². The summed E-state index contributed by atoms with van der Waals surface area (Å²) in [5, 5.41) is 11.2. The van der Waals surface area contributed by atoms with Crippen LogP contribution in [0.3, 0.4) is 0 Å². The van der Waals surface area contributed by atoms with Gasteiger partial charge in [-0.15, -0.1) is 0 Å². The van der Waals surface area contributed by atoms with E-state index in [0.29, 0.717) is 0 Å². The second-order valence-corrected chi connectivity index (χ2v) is 3.02. The number of hydrogen-bond acceptors (Lipinski definition) is 3. The molecule has 0 spiro atoms. The summed E-state index contributed by atoms with van der Waals surface area (Å²) in [4.78, 5) is 0. The summed E-state index contributed by atoms with van der Waals surface area (Å²) in [7, 11) is 0. The zero-order valence-electron chi connectivity index (χ0n) is 7.75. The van der Waals surface area contributed by atoms with Crippen LogP contribution in [0.2, 0.25) is 0 Å². The molecule has 0 bridgehead atoms. The van der Waals surface area contributed by atoms with Gasteiger partial charge in [0.25, 0.3) is 0 Å². The molecule has 4 N–H and O–H groups in total. The number of alkyl halides is 3. The van der Waals surface area contributed by atoms with Gasteiger partial charge >= 0.3 is 6.18 Å². The van der Waals surface area contributed by atoms with Crippen molar-refractivity contribution in [2.24, 2.45) is 5.73 Å². The van der Waals surface area contributed by atoms with Crippen molar-refractivity contribution in [1.29, 1.82) is 0 Å². The Balaban J connectivity index is 2.76. The van der Waals surface area contributed by atoms with Gasteiger partial charge in [-0.05, 0) is 12.1 Å². The van der Waals surface area contributed by atoms with E-state index in [-0.39, 0.29) is 11.4 Å². The quantitative estimate of drug-likeness (QED) is 0.726. The molecule has 0 heterocycles. The number of halogens is 3. The highest BCUT2D eigenvalue weighted by atomic mass is 19.4. The van der Waals surface area contributed by atoms with Crippen LogP contribution in [0, 0.1) is 0 Å². The summed E-state index contributed by atoms with van der Waals surface area (Å²) < 4.78 is 36.9. The summed E-state index contributed by atoms with van der Waals surface area (Å²) >= 11 is 0. The Kier molecular flexibility index (Phi) is 3.41. The molecule has 0 aromatic heterocycles. The minimum Gasteiger partial charge on any atom is -0.508 e. The molecule has 0 aliphatic rings. The Labute approximate surface area is 84.7 Å². The van der Waals surface area contributed by atoms with Crippen LogP contribution >= 0.6 is 0 Å². The van der Waals surface area contributed by atoms with Crippen LogP contribution in [0.4, 0.5) is 18.9 Å². The molecule has 1 rings (SSSR count). The fourth-order valence-electron chi connectivity index (χ4n) is 1.07. The van der Waals surface area contributed by atoms with Gasteiger partial charge in [0.1, 0.15) is 11.8 Å². The van der Waals surface area contributed by atoms with E-state index in [2.05, 4.69) is 5.32 Å². The first kappa shape index (κ1) is 11.6. The van der Waals surface area contributed by atoms with Gasteiger partial charge in [-0.3, -0.25) is 0 Å². The first-order valence-corrected chi connectivity index (χ1v) is 4.26. The van der Waals surface area contributed by atoms with Crippen molar-refractivity contribution in [1.82, 2.24) is 0 Å². The molecule has 0 saturated carbocycles. The van der Waals surface area contributed by atoms with Gasteiger partial charge in [-0.2, -0.15) is 13.2 Å². The number of phenols is 1. The topological polar surface area (TPSA) is 58.3 Å². The van der Waals surface area contributed by atoms with E-state index < -0.39 is 18.8 Å². The number of anilines is 1. The normalized spacial score (nSPS) is 13.6. The Bertz CT molecular complexity index is 327. The predicted octanol–water partition coefficient (Wildman–Crippen LogP) is 1.69. The minimum absolute atomic E-state index is 0.0991. The lowest BCUT2D eigenvalue weighted by molar-refractivity contribution is -0.140. The molecule has 6 heteroatoms. The largest absolute Gasteiger partial charge is 0.508 e. The van der Waals surface area contributed by atoms with E-state index in [1.165, 1.54) is 24.3 Å².